The van der Waals surface area contributed by atoms with Gasteiger partial charge in [-0.2, -0.15) is 5.26 Å². The molecule has 1 atom stereocenters. The van der Waals surface area contributed by atoms with Crippen molar-refractivity contribution >= 4 is 6.02 Å². The molecule has 1 spiro atoms. The third-order valence-corrected chi connectivity index (χ3v) is 4.57. The Kier molecular flexibility index (Phi) is 3.77. The average Bonchev–Trinajstić information content (AvgIpc) is 3.02. The lowest BCUT2D eigenvalue weighted by molar-refractivity contribution is 0.197. The van der Waals surface area contributed by atoms with Crippen LogP contribution in [0.3, 0.4) is 0 Å². The first-order valence-electron chi connectivity index (χ1n) is 8.79. The highest BCUT2D eigenvalue weighted by Gasteiger charge is 2.47. The summed E-state index contributed by atoms with van der Waals surface area (Å²) < 4.78 is 17.6. The second kappa shape index (κ2) is 5.92. The van der Waals surface area contributed by atoms with E-state index >= 15 is 0 Å². The summed E-state index contributed by atoms with van der Waals surface area (Å²) in [6.45, 7) is 7.18. The third kappa shape index (κ3) is 2.95. The summed E-state index contributed by atoms with van der Waals surface area (Å²) in [5.41, 5.74) is 7.17. The molecule has 6 nitrogen and oxygen atoms in total. The maximum atomic E-state index is 9.31. The van der Waals surface area contributed by atoms with Crippen molar-refractivity contribution in [2.24, 2.45) is 16.1 Å². The minimum Gasteiger partial charge on any atom is -0.493 e. The molecule has 0 saturated heterocycles. The first-order chi connectivity index (χ1) is 12.8. The van der Waals surface area contributed by atoms with Gasteiger partial charge in [0.25, 0.3) is 6.02 Å². The molecule has 0 unspecified atom stereocenters. The van der Waals surface area contributed by atoms with E-state index in [0.29, 0.717) is 23.7 Å². The first kappa shape index (κ1) is 17.2. The molecule has 0 amide bonds. The van der Waals surface area contributed by atoms with E-state index in [1.54, 1.807) is 18.2 Å². The normalized spacial score (nSPS) is 20.0. The molecule has 4 rings (SSSR count). The SMILES string of the molecule is CC(C)(C)COc1ccc2c(c1)[C@]1(COC(N)=N1)c1cc(C#N)ccc1O2. The summed E-state index contributed by atoms with van der Waals surface area (Å²) in [7, 11) is 0. The van der Waals surface area contributed by atoms with Crippen molar-refractivity contribution in [3.8, 4) is 23.3 Å². The van der Waals surface area contributed by atoms with Gasteiger partial charge in [0.2, 0.25) is 0 Å². The Balaban J connectivity index is 1.84. The largest absolute Gasteiger partial charge is 0.493 e. The molecular weight excluding hydrogens is 342 g/mol. The van der Waals surface area contributed by atoms with Gasteiger partial charge < -0.3 is 19.9 Å². The summed E-state index contributed by atoms with van der Waals surface area (Å²) in [6, 6.07) is 13.3. The van der Waals surface area contributed by atoms with Crippen molar-refractivity contribution in [1.82, 2.24) is 0 Å². The Bertz CT molecular complexity index is 985. The predicted molar refractivity (Wildman–Crippen MR) is 101 cm³/mol. The zero-order valence-electron chi connectivity index (χ0n) is 15.6. The molecule has 6 heteroatoms. The monoisotopic (exact) mass is 363 g/mol. The standard InChI is InChI=1S/C21H21N3O3/c1-20(2,3)11-25-14-5-7-18-16(9-14)21(12-26-19(23)24-21)15-8-13(10-22)4-6-17(15)27-18/h4-9H,11-12H2,1-3H3,(H2,23,24)/t21-/m0/s1. The number of hydrogen-bond acceptors (Lipinski definition) is 6. The lowest BCUT2D eigenvalue weighted by atomic mass is 9.81. The minimum atomic E-state index is -0.846. The van der Waals surface area contributed by atoms with Gasteiger partial charge in [0.15, 0.2) is 5.54 Å². The Morgan fingerprint density at radius 1 is 1.19 bits per heavy atom. The zero-order valence-corrected chi connectivity index (χ0v) is 15.6. The first-order valence-corrected chi connectivity index (χ1v) is 8.79. The maximum Gasteiger partial charge on any atom is 0.283 e. The van der Waals surface area contributed by atoms with Gasteiger partial charge in [-0.05, 0) is 41.8 Å². The minimum absolute atomic E-state index is 0.0391. The van der Waals surface area contributed by atoms with Crippen LogP contribution in [0.4, 0.5) is 0 Å². The van der Waals surface area contributed by atoms with E-state index in [1.165, 1.54) is 0 Å². The molecule has 0 aromatic heterocycles. The molecule has 2 aromatic carbocycles. The van der Waals surface area contributed by atoms with Gasteiger partial charge in [-0.3, -0.25) is 0 Å². The van der Waals surface area contributed by atoms with Gasteiger partial charge in [-0.1, -0.05) is 20.8 Å². The highest BCUT2D eigenvalue weighted by molar-refractivity contribution is 5.77. The summed E-state index contributed by atoms with van der Waals surface area (Å²) in [5, 5.41) is 9.31. The molecule has 0 aliphatic carbocycles. The van der Waals surface area contributed by atoms with Crippen LogP contribution in [-0.2, 0) is 10.3 Å². The molecule has 2 N–H and O–H groups in total. The van der Waals surface area contributed by atoms with Gasteiger partial charge >= 0.3 is 0 Å². The quantitative estimate of drug-likeness (QED) is 0.879. The molecule has 0 fully saturated rings. The van der Waals surface area contributed by atoms with Crippen LogP contribution in [-0.4, -0.2) is 19.2 Å². The van der Waals surface area contributed by atoms with Crippen LogP contribution < -0.4 is 15.2 Å². The lowest BCUT2D eigenvalue weighted by Crippen LogP contribution is -2.31. The van der Waals surface area contributed by atoms with Crippen molar-refractivity contribution < 1.29 is 14.2 Å². The van der Waals surface area contributed by atoms with Crippen LogP contribution in [0, 0.1) is 16.7 Å². The fourth-order valence-corrected chi connectivity index (χ4v) is 3.29. The van der Waals surface area contributed by atoms with Gasteiger partial charge in [0.05, 0.1) is 18.2 Å². The third-order valence-electron chi connectivity index (χ3n) is 4.57. The van der Waals surface area contributed by atoms with Crippen LogP contribution >= 0.6 is 0 Å². The Hall–Kier alpha value is -3.20. The molecule has 138 valence electrons. The van der Waals surface area contributed by atoms with Crippen LogP contribution in [0.2, 0.25) is 0 Å². The fraction of sp³-hybridized carbons (Fsp3) is 0.333. The topological polar surface area (TPSA) is 89.9 Å². The molecular formula is C21H21N3O3. The summed E-state index contributed by atoms with van der Waals surface area (Å²) in [4.78, 5) is 4.61. The maximum absolute atomic E-state index is 9.31. The van der Waals surface area contributed by atoms with Crippen LogP contribution in [0.15, 0.2) is 41.4 Å². The number of nitrogens with zero attached hydrogens (tertiary/aromatic N) is 2. The van der Waals surface area contributed by atoms with E-state index in [4.69, 9.17) is 19.9 Å². The second-order valence-electron chi connectivity index (χ2n) is 8.03. The number of hydrogen-bond donors (Lipinski definition) is 1. The summed E-state index contributed by atoms with van der Waals surface area (Å²) in [5.74, 6) is 2.05. The van der Waals surface area contributed by atoms with Gasteiger partial charge in [0, 0.05) is 11.1 Å². The Labute approximate surface area is 158 Å². The lowest BCUT2D eigenvalue weighted by Gasteiger charge is -2.33. The van der Waals surface area contributed by atoms with Crippen LogP contribution in [0.25, 0.3) is 0 Å². The van der Waals surface area contributed by atoms with E-state index in [2.05, 4.69) is 31.8 Å². The smallest absolute Gasteiger partial charge is 0.283 e. The van der Waals surface area contributed by atoms with Crippen LogP contribution in [0.1, 0.15) is 37.5 Å². The highest BCUT2D eigenvalue weighted by Crippen LogP contribution is 2.51. The number of amidine groups is 1. The van der Waals surface area contributed by atoms with Gasteiger partial charge in [-0.25, -0.2) is 4.99 Å². The van der Waals surface area contributed by atoms with Crippen molar-refractivity contribution in [3.63, 3.8) is 0 Å². The Morgan fingerprint density at radius 2 is 1.89 bits per heavy atom. The van der Waals surface area contributed by atoms with Crippen LogP contribution in [0.5, 0.6) is 17.2 Å². The summed E-state index contributed by atoms with van der Waals surface area (Å²) >= 11 is 0. The molecule has 2 aromatic rings. The molecule has 0 saturated carbocycles. The van der Waals surface area contributed by atoms with E-state index in [1.807, 2.05) is 18.2 Å². The number of ether oxygens (including phenoxy) is 3. The molecule has 2 aliphatic heterocycles. The second-order valence-corrected chi connectivity index (χ2v) is 8.03. The number of rotatable bonds is 2. The number of benzene rings is 2. The fourth-order valence-electron chi connectivity index (χ4n) is 3.29. The van der Waals surface area contributed by atoms with E-state index in [9.17, 15) is 5.26 Å². The average molecular weight is 363 g/mol. The highest BCUT2D eigenvalue weighted by atomic mass is 16.5. The van der Waals surface area contributed by atoms with Crippen molar-refractivity contribution in [2.75, 3.05) is 13.2 Å². The molecule has 0 radical (unpaired) electrons. The van der Waals surface area contributed by atoms with Crippen molar-refractivity contribution in [2.45, 2.75) is 26.3 Å². The number of nitrogens with two attached hydrogens (primary N) is 1. The molecule has 2 aliphatic rings. The predicted octanol–water partition coefficient (Wildman–Crippen LogP) is 3.68. The Morgan fingerprint density at radius 3 is 2.52 bits per heavy atom. The van der Waals surface area contributed by atoms with E-state index < -0.39 is 5.54 Å². The van der Waals surface area contributed by atoms with Gasteiger partial charge in [-0.15, -0.1) is 0 Å². The molecule has 0 bridgehead atoms. The zero-order chi connectivity index (χ0) is 19.2. The number of aliphatic imine (C=N–C) groups is 1. The summed E-state index contributed by atoms with van der Waals surface area (Å²) in [6.07, 6.45) is 0. The molecule has 2 heterocycles. The number of nitriles is 1. The van der Waals surface area contributed by atoms with Crippen molar-refractivity contribution in [3.05, 3.63) is 53.1 Å². The van der Waals surface area contributed by atoms with E-state index in [0.717, 1.165) is 16.9 Å². The van der Waals surface area contributed by atoms with E-state index in [-0.39, 0.29) is 18.0 Å². The van der Waals surface area contributed by atoms with Gasteiger partial charge in [0.1, 0.15) is 23.9 Å². The molecule has 27 heavy (non-hydrogen) atoms. The van der Waals surface area contributed by atoms with Crippen molar-refractivity contribution in [1.29, 1.82) is 5.26 Å². The number of fused-ring (bicyclic) bond motifs is 4.